The lowest BCUT2D eigenvalue weighted by molar-refractivity contribution is -0.166. The number of carbonyl (C=O) groups is 1. The van der Waals surface area contributed by atoms with Gasteiger partial charge in [-0.15, -0.1) is 0 Å². The van der Waals surface area contributed by atoms with Gasteiger partial charge < -0.3 is 45.6 Å². The minimum absolute atomic E-state index is 0.0104. The summed E-state index contributed by atoms with van der Waals surface area (Å²) >= 11 is 0. The molecule has 61 heavy (non-hydrogen) atoms. The van der Waals surface area contributed by atoms with Crippen molar-refractivity contribution in [2.45, 2.75) is 115 Å². The van der Waals surface area contributed by atoms with Crippen molar-refractivity contribution in [3.8, 4) is 17.2 Å². The van der Waals surface area contributed by atoms with E-state index in [2.05, 4.69) is 41.1 Å². The van der Waals surface area contributed by atoms with Gasteiger partial charge >= 0.3 is 5.97 Å². The SMILES string of the molecule is CC=C(C(=O)OC1Cc2c3c(c4oc(CO)cc(=O)c4c2O)C2Cc4cc(O)ccc4CCC(CC(CC4=CNC(NCC)C=C4)C1(C)O3)C1=C(N)NCC=C12)C1CCCC1. The van der Waals surface area contributed by atoms with Crippen LogP contribution in [0.1, 0.15) is 99.6 Å². The van der Waals surface area contributed by atoms with E-state index in [-0.39, 0.29) is 64.5 Å². The highest BCUT2D eigenvalue weighted by Crippen LogP contribution is 2.57. The van der Waals surface area contributed by atoms with Crippen molar-refractivity contribution in [1.82, 2.24) is 16.0 Å². The van der Waals surface area contributed by atoms with Gasteiger partial charge in [-0.1, -0.05) is 44.1 Å². The summed E-state index contributed by atoms with van der Waals surface area (Å²) in [5, 5.41) is 43.9. The molecule has 0 amide bonds. The highest BCUT2D eigenvalue weighted by molar-refractivity contribution is 5.92. The lowest BCUT2D eigenvalue weighted by Gasteiger charge is -2.49. The van der Waals surface area contributed by atoms with Crippen LogP contribution in [0.25, 0.3) is 11.0 Å². The molecule has 6 aliphatic rings. The number of hydrogen-bond acceptors (Lipinski definition) is 12. The Kier molecular flexibility index (Phi) is 11.0. The van der Waals surface area contributed by atoms with Gasteiger partial charge in [0.25, 0.3) is 0 Å². The molecule has 12 nitrogen and oxygen atoms in total. The molecule has 0 spiro atoms. The second-order valence-corrected chi connectivity index (χ2v) is 17.8. The smallest absolute Gasteiger partial charge is 0.334 e. The molecular weight excluding hydrogens is 773 g/mol. The number of aryl methyl sites for hydroxylation is 1. The molecule has 2 aliphatic carbocycles. The van der Waals surface area contributed by atoms with Crippen LogP contribution in [0.2, 0.25) is 0 Å². The molecule has 12 heteroatoms. The van der Waals surface area contributed by atoms with Gasteiger partial charge in [-0.25, -0.2) is 4.79 Å². The van der Waals surface area contributed by atoms with Crippen molar-refractivity contribution in [3.63, 3.8) is 0 Å². The van der Waals surface area contributed by atoms with Crippen LogP contribution in [0.15, 0.2) is 92.1 Å². The van der Waals surface area contributed by atoms with Crippen LogP contribution >= 0.6 is 0 Å². The molecule has 0 saturated heterocycles. The van der Waals surface area contributed by atoms with Gasteiger partial charge in [0, 0.05) is 53.8 Å². The van der Waals surface area contributed by atoms with Crippen molar-refractivity contribution < 1.29 is 34.0 Å². The number of dihydropyridines is 2. The number of ether oxygens (including phenoxy) is 2. The number of likely N-dealkylation sites (N-methyl/N-ethyl adjacent to an activating group) is 1. The second-order valence-electron chi connectivity index (χ2n) is 17.8. The zero-order valence-corrected chi connectivity index (χ0v) is 35.3. The largest absolute Gasteiger partial charge is 0.508 e. The lowest BCUT2D eigenvalue weighted by atomic mass is 9.67. The summed E-state index contributed by atoms with van der Waals surface area (Å²) in [7, 11) is 0. The summed E-state index contributed by atoms with van der Waals surface area (Å²) < 4.78 is 20.8. The zero-order chi connectivity index (χ0) is 42.6. The molecular formula is C49H58N4O8. The van der Waals surface area contributed by atoms with Crippen LogP contribution in [0.5, 0.6) is 17.2 Å². The van der Waals surface area contributed by atoms with Crippen LogP contribution in [0.3, 0.4) is 0 Å². The number of aliphatic hydroxyl groups is 1. The van der Waals surface area contributed by atoms with Crippen LogP contribution in [-0.2, 0) is 35.4 Å². The van der Waals surface area contributed by atoms with E-state index in [1.807, 2.05) is 38.3 Å². The highest BCUT2D eigenvalue weighted by Gasteiger charge is 2.54. The van der Waals surface area contributed by atoms with Crippen LogP contribution in [0, 0.1) is 17.8 Å². The average molecular weight is 831 g/mol. The van der Waals surface area contributed by atoms with Crippen LogP contribution in [0.4, 0.5) is 0 Å². The normalized spacial score (nSPS) is 27.3. The molecule has 1 saturated carbocycles. The first kappa shape index (κ1) is 40.9. The fourth-order valence-corrected chi connectivity index (χ4v) is 11.2. The van der Waals surface area contributed by atoms with Crippen LogP contribution in [-0.4, -0.2) is 52.2 Å². The number of aromatic hydroxyl groups is 2. The fraction of sp³-hybridized carbons (Fsp3) is 0.469. The number of phenolic OH excluding ortho intramolecular Hbond substituents is 2. The maximum Gasteiger partial charge on any atom is 0.334 e. The van der Waals surface area contributed by atoms with E-state index < -0.39 is 29.7 Å². The molecule has 1 aromatic heterocycles. The quantitative estimate of drug-likeness (QED) is 0.0978. The Labute approximate surface area is 356 Å². The first-order valence-corrected chi connectivity index (χ1v) is 22.1. The standard InChI is InChI=1S/C49H58N4O8/c1-4-34(28-8-6-7-9-28)48(58)60-39-23-37-44(57)43-38(56)22-33(25-54)59-46(43)42-36-21-30-20-32(55)14-13-27(30)11-12-29(41-35(36)16-17-52-47(41)50)19-31(49(39,3)61-45(37)42)18-26-10-15-40(51-5-2)53-24-26/h4,10,13-16,20,22,24,28-29,31,36,39-40,51-55,57H,5-9,11-12,17-19,21,23,25,50H2,1-3H3. The molecule has 2 aromatic carbocycles. The topological polar surface area (TPSA) is 189 Å². The van der Waals surface area contributed by atoms with E-state index in [4.69, 9.17) is 19.6 Å². The Morgan fingerprint density at radius 3 is 2.69 bits per heavy atom. The maximum atomic E-state index is 14.5. The number of carbonyl (C=O) groups excluding carboxylic acids is 1. The molecule has 4 aliphatic heterocycles. The molecule has 8 N–H and O–H groups in total. The first-order valence-electron chi connectivity index (χ1n) is 22.1. The van der Waals surface area contributed by atoms with Gasteiger partial charge in [0.1, 0.15) is 58.1 Å². The predicted molar refractivity (Wildman–Crippen MR) is 233 cm³/mol. The molecule has 0 radical (unpaired) electrons. The molecule has 1 fully saturated rings. The van der Waals surface area contributed by atoms with Crippen molar-refractivity contribution >= 4 is 16.9 Å². The number of fused-ring (bicyclic) bond motifs is 5. The van der Waals surface area contributed by atoms with Crippen molar-refractivity contribution in [3.05, 3.63) is 121 Å². The summed E-state index contributed by atoms with van der Waals surface area (Å²) in [6.07, 6.45) is 16.5. The van der Waals surface area contributed by atoms with Gasteiger partial charge in [-0.05, 0) is 123 Å². The predicted octanol–water partition coefficient (Wildman–Crippen LogP) is 6.42. The molecule has 5 heterocycles. The molecule has 6 atom stereocenters. The Balaban J connectivity index is 1.32. The van der Waals surface area contributed by atoms with Gasteiger partial charge in [-0.2, -0.15) is 0 Å². The highest BCUT2D eigenvalue weighted by atomic mass is 16.6. The lowest BCUT2D eigenvalue weighted by Crippen LogP contribution is -2.57. The molecule has 4 bridgehead atoms. The van der Waals surface area contributed by atoms with Gasteiger partial charge in [0.15, 0.2) is 5.43 Å². The fourth-order valence-electron chi connectivity index (χ4n) is 11.2. The van der Waals surface area contributed by atoms with Crippen molar-refractivity contribution in [2.24, 2.45) is 23.5 Å². The Morgan fingerprint density at radius 2 is 1.95 bits per heavy atom. The monoisotopic (exact) mass is 830 g/mol. The molecule has 3 aromatic rings. The molecule has 6 unspecified atom stereocenters. The van der Waals surface area contributed by atoms with E-state index in [0.717, 1.165) is 66.5 Å². The number of allylic oxidation sites excluding steroid dienone is 5. The number of rotatable bonds is 8. The zero-order valence-electron chi connectivity index (χ0n) is 35.3. The van der Waals surface area contributed by atoms with Crippen molar-refractivity contribution in [2.75, 3.05) is 13.1 Å². The summed E-state index contributed by atoms with van der Waals surface area (Å²) in [6.45, 7) is 6.73. The minimum atomic E-state index is -1.17. The van der Waals surface area contributed by atoms with Gasteiger partial charge in [0.2, 0.25) is 0 Å². The van der Waals surface area contributed by atoms with E-state index in [9.17, 15) is 24.9 Å². The number of esters is 1. The Hall–Kier alpha value is -5.46. The second kappa shape index (κ2) is 16.4. The van der Waals surface area contributed by atoms with Gasteiger partial charge in [-0.3, -0.25) is 10.1 Å². The number of benzene rings is 2. The number of nitrogens with one attached hydrogen (secondary N) is 3. The van der Waals surface area contributed by atoms with Crippen LogP contribution < -0.4 is 31.8 Å². The van der Waals surface area contributed by atoms with Crippen molar-refractivity contribution in [1.29, 1.82) is 0 Å². The summed E-state index contributed by atoms with van der Waals surface area (Å²) in [4.78, 5) is 28.7. The summed E-state index contributed by atoms with van der Waals surface area (Å²) in [6, 6.07) is 6.73. The third kappa shape index (κ3) is 7.31. The maximum absolute atomic E-state index is 14.5. The van der Waals surface area contributed by atoms with E-state index >= 15 is 0 Å². The number of hydrogen-bond donors (Lipinski definition) is 7. The summed E-state index contributed by atoms with van der Waals surface area (Å²) in [5.74, 6) is -0.354. The Morgan fingerprint density at radius 1 is 1.13 bits per heavy atom. The molecule has 322 valence electrons. The van der Waals surface area contributed by atoms with E-state index in [1.54, 1.807) is 6.07 Å². The van der Waals surface area contributed by atoms with Gasteiger partial charge in [0.05, 0.1) is 6.17 Å². The third-order valence-electron chi connectivity index (χ3n) is 14.3. The Bertz CT molecular complexity index is 2470. The number of nitrogens with two attached hydrogens (primary N) is 1. The number of phenols is 2. The van der Waals surface area contributed by atoms with E-state index in [0.29, 0.717) is 60.5 Å². The minimum Gasteiger partial charge on any atom is -0.508 e. The van der Waals surface area contributed by atoms with E-state index in [1.165, 1.54) is 6.07 Å². The summed E-state index contributed by atoms with van der Waals surface area (Å²) in [5.41, 5.74) is 12.1. The number of aliphatic hydroxyl groups excluding tert-OH is 1. The first-order chi connectivity index (χ1) is 29.5. The third-order valence-corrected chi connectivity index (χ3v) is 14.3. The average Bonchev–Trinajstić information content (AvgIpc) is 3.79. The molecule has 9 rings (SSSR count).